The van der Waals surface area contributed by atoms with Crippen LogP contribution in [0.3, 0.4) is 0 Å². The van der Waals surface area contributed by atoms with Crippen LogP contribution >= 0.6 is 11.6 Å². The van der Waals surface area contributed by atoms with Gasteiger partial charge >= 0.3 is 0 Å². The number of fused-ring (bicyclic) bond motifs is 3. The molecule has 0 radical (unpaired) electrons. The molecule has 0 unspecified atom stereocenters. The maximum absolute atomic E-state index is 12.4. The van der Waals surface area contributed by atoms with Crippen molar-refractivity contribution in [3.05, 3.63) is 74.8 Å². The highest BCUT2D eigenvalue weighted by atomic mass is 35.5. The van der Waals surface area contributed by atoms with Gasteiger partial charge in [-0.25, -0.2) is 0 Å². The van der Waals surface area contributed by atoms with Gasteiger partial charge in [0.1, 0.15) is 0 Å². The Morgan fingerprint density at radius 3 is 2.91 bits per heavy atom. The van der Waals surface area contributed by atoms with E-state index in [0.29, 0.717) is 5.02 Å². The van der Waals surface area contributed by atoms with E-state index in [2.05, 4.69) is 9.97 Å². The van der Waals surface area contributed by atoms with Crippen molar-refractivity contribution in [1.29, 1.82) is 0 Å². The van der Waals surface area contributed by atoms with Crippen molar-refractivity contribution in [3.63, 3.8) is 0 Å². The molecule has 3 aromatic rings. The summed E-state index contributed by atoms with van der Waals surface area (Å²) in [5.74, 6) is 0. The molecule has 4 rings (SSSR count). The third kappa shape index (κ3) is 1.90. The summed E-state index contributed by atoms with van der Waals surface area (Å²) in [4.78, 5) is 19.6. The van der Waals surface area contributed by atoms with Gasteiger partial charge in [0.05, 0.1) is 5.69 Å². The average Bonchev–Trinajstić information content (AvgIpc) is 2.87. The van der Waals surface area contributed by atoms with Crippen molar-refractivity contribution in [1.82, 2.24) is 9.97 Å². The second-order valence-corrected chi connectivity index (χ2v) is 5.96. The summed E-state index contributed by atoms with van der Waals surface area (Å²) < 4.78 is 0. The molecule has 0 bridgehead atoms. The zero-order chi connectivity index (χ0) is 15.3. The molecule has 0 saturated carbocycles. The number of halogens is 1. The van der Waals surface area contributed by atoms with E-state index in [1.807, 2.05) is 37.3 Å². The number of aromatic amines is 1. The molecule has 0 atom stereocenters. The van der Waals surface area contributed by atoms with E-state index in [-0.39, 0.29) is 5.56 Å². The summed E-state index contributed by atoms with van der Waals surface area (Å²) in [6.45, 7) is 1.86. The van der Waals surface area contributed by atoms with Gasteiger partial charge in [0.15, 0.2) is 0 Å². The summed E-state index contributed by atoms with van der Waals surface area (Å²) in [5.41, 5.74) is 6.85. The number of hydrogen-bond donors (Lipinski definition) is 1. The highest BCUT2D eigenvalue weighted by molar-refractivity contribution is 6.31. The molecule has 3 nitrogen and oxygen atoms in total. The molecule has 108 valence electrons. The van der Waals surface area contributed by atoms with Crippen molar-refractivity contribution in [2.45, 2.75) is 13.3 Å². The third-order valence-electron chi connectivity index (χ3n) is 4.22. The molecule has 1 aliphatic rings. The molecule has 0 aliphatic heterocycles. The standard InChI is InChI=1S/C18H13ClN2O/c1-10-16(12-3-2-6-20-9-12)15-7-11-4-5-13(19)8-14(11)17(15)21-18(10)22/h2-6,8-9H,7H2,1H3,(H,21,22). The molecular formula is C18H13ClN2O. The largest absolute Gasteiger partial charge is 0.321 e. The smallest absolute Gasteiger partial charge is 0.251 e. The minimum atomic E-state index is -0.0644. The van der Waals surface area contributed by atoms with E-state index in [4.69, 9.17) is 11.6 Å². The summed E-state index contributed by atoms with van der Waals surface area (Å²) in [6.07, 6.45) is 4.34. The van der Waals surface area contributed by atoms with Crippen LogP contribution in [0, 0.1) is 6.92 Å². The zero-order valence-corrected chi connectivity index (χ0v) is 12.7. The van der Waals surface area contributed by atoms with Crippen LogP contribution in [0.5, 0.6) is 0 Å². The number of nitrogens with one attached hydrogen (secondary N) is 1. The van der Waals surface area contributed by atoms with Crippen molar-refractivity contribution >= 4 is 11.6 Å². The molecule has 2 aromatic heterocycles. The number of benzene rings is 1. The van der Waals surface area contributed by atoms with Crippen molar-refractivity contribution in [3.8, 4) is 22.4 Å². The lowest BCUT2D eigenvalue weighted by molar-refractivity contribution is 1.15. The van der Waals surface area contributed by atoms with Gasteiger partial charge < -0.3 is 4.98 Å². The van der Waals surface area contributed by atoms with Gasteiger partial charge in [0.25, 0.3) is 5.56 Å². The van der Waals surface area contributed by atoms with Crippen LogP contribution in [-0.2, 0) is 6.42 Å². The van der Waals surface area contributed by atoms with Gasteiger partial charge in [-0.15, -0.1) is 0 Å². The predicted molar refractivity (Wildman–Crippen MR) is 88.3 cm³/mol. The summed E-state index contributed by atoms with van der Waals surface area (Å²) in [5, 5.41) is 0.677. The lowest BCUT2D eigenvalue weighted by Crippen LogP contribution is -2.13. The van der Waals surface area contributed by atoms with Gasteiger partial charge in [-0.1, -0.05) is 23.7 Å². The van der Waals surface area contributed by atoms with Crippen LogP contribution < -0.4 is 5.56 Å². The average molecular weight is 309 g/mol. The Kier molecular flexibility index (Phi) is 2.91. The fourth-order valence-corrected chi connectivity index (χ4v) is 3.35. The predicted octanol–water partition coefficient (Wildman–Crippen LogP) is 3.97. The number of hydrogen-bond acceptors (Lipinski definition) is 2. The minimum Gasteiger partial charge on any atom is -0.321 e. The Morgan fingerprint density at radius 1 is 1.27 bits per heavy atom. The summed E-state index contributed by atoms with van der Waals surface area (Å²) >= 11 is 6.12. The first-order valence-electron chi connectivity index (χ1n) is 7.10. The molecule has 0 amide bonds. The van der Waals surface area contributed by atoms with Crippen LogP contribution in [0.15, 0.2) is 47.5 Å². The molecule has 1 aliphatic carbocycles. The maximum Gasteiger partial charge on any atom is 0.251 e. The first-order valence-corrected chi connectivity index (χ1v) is 7.48. The molecule has 0 fully saturated rings. The molecule has 0 spiro atoms. The van der Waals surface area contributed by atoms with Crippen molar-refractivity contribution in [2.24, 2.45) is 0 Å². The topological polar surface area (TPSA) is 45.8 Å². The summed E-state index contributed by atoms with van der Waals surface area (Å²) in [6, 6.07) is 9.71. The zero-order valence-electron chi connectivity index (χ0n) is 12.0. The molecule has 22 heavy (non-hydrogen) atoms. The van der Waals surface area contributed by atoms with Crippen LogP contribution in [0.25, 0.3) is 22.4 Å². The number of aromatic nitrogens is 2. The minimum absolute atomic E-state index is 0.0644. The van der Waals surface area contributed by atoms with Gasteiger partial charge in [0.2, 0.25) is 0 Å². The van der Waals surface area contributed by atoms with Crippen molar-refractivity contribution in [2.75, 3.05) is 0 Å². The Bertz CT molecular complexity index is 945. The van der Waals surface area contributed by atoms with Gasteiger partial charge in [-0.2, -0.15) is 0 Å². The van der Waals surface area contributed by atoms with Gasteiger partial charge in [0, 0.05) is 40.5 Å². The van der Waals surface area contributed by atoms with E-state index in [0.717, 1.165) is 39.9 Å². The second-order valence-electron chi connectivity index (χ2n) is 5.53. The third-order valence-corrected chi connectivity index (χ3v) is 4.45. The molecule has 1 aromatic carbocycles. The first kappa shape index (κ1) is 13.3. The molecular weight excluding hydrogens is 296 g/mol. The first-order chi connectivity index (χ1) is 10.6. The van der Waals surface area contributed by atoms with Gasteiger partial charge in [-0.05, 0) is 41.8 Å². The van der Waals surface area contributed by atoms with Gasteiger partial charge in [-0.3, -0.25) is 9.78 Å². The fourth-order valence-electron chi connectivity index (χ4n) is 3.18. The Morgan fingerprint density at radius 2 is 2.14 bits per heavy atom. The van der Waals surface area contributed by atoms with Crippen LogP contribution in [0.4, 0.5) is 0 Å². The number of nitrogens with zero attached hydrogens (tertiary/aromatic N) is 1. The number of rotatable bonds is 1. The normalized spacial score (nSPS) is 12.1. The lowest BCUT2D eigenvalue weighted by atomic mass is 9.96. The summed E-state index contributed by atoms with van der Waals surface area (Å²) in [7, 11) is 0. The number of pyridine rings is 2. The second kappa shape index (κ2) is 4.82. The van der Waals surface area contributed by atoms with E-state index >= 15 is 0 Å². The Hall–Kier alpha value is -2.39. The monoisotopic (exact) mass is 308 g/mol. The lowest BCUT2D eigenvalue weighted by Gasteiger charge is -2.11. The quantitative estimate of drug-likeness (QED) is 0.578. The number of H-pyrrole nitrogens is 1. The Labute approximate surface area is 132 Å². The molecule has 1 N–H and O–H groups in total. The SMILES string of the molecule is Cc1c(-c2cccnc2)c2c([nH]c1=O)-c1cc(Cl)ccc1C2. The maximum atomic E-state index is 12.4. The van der Waals surface area contributed by atoms with E-state index in [1.54, 1.807) is 12.4 Å². The van der Waals surface area contributed by atoms with E-state index in [1.165, 1.54) is 5.56 Å². The van der Waals surface area contributed by atoms with Crippen molar-refractivity contribution < 1.29 is 0 Å². The highest BCUT2D eigenvalue weighted by Crippen LogP contribution is 2.41. The van der Waals surface area contributed by atoms with Crippen LogP contribution in [-0.4, -0.2) is 9.97 Å². The molecule has 4 heteroatoms. The molecule has 0 saturated heterocycles. The van der Waals surface area contributed by atoms with E-state index in [9.17, 15) is 4.79 Å². The van der Waals surface area contributed by atoms with E-state index < -0.39 is 0 Å². The fraction of sp³-hybridized carbons (Fsp3) is 0.111. The van der Waals surface area contributed by atoms with Crippen LogP contribution in [0.2, 0.25) is 5.02 Å². The van der Waals surface area contributed by atoms with Crippen LogP contribution in [0.1, 0.15) is 16.7 Å². The highest BCUT2D eigenvalue weighted by Gasteiger charge is 2.25. The Balaban J connectivity index is 2.06. The molecule has 2 heterocycles.